The van der Waals surface area contributed by atoms with E-state index in [0.29, 0.717) is 0 Å². The van der Waals surface area contributed by atoms with Crippen molar-refractivity contribution < 1.29 is 4.39 Å². The van der Waals surface area contributed by atoms with E-state index in [0.717, 1.165) is 32.0 Å². The molecule has 4 nitrogen and oxygen atoms in total. The molecule has 0 saturated carbocycles. The molecule has 2 rings (SSSR count). The monoisotopic (exact) mass is 225 g/mol. The molecule has 0 bridgehead atoms. The Bertz CT molecular complexity index is 435. The summed E-state index contributed by atoms with van der Waals surface area (Å²) in [6.07, 6.45) is 0. The van der Waals surface area contributed by atoms with Gasteiger partial charge < -0.3 is 9.80 Å². The molecule has 0 radical (unpaired) electrons. The lowest BCUT2D eigenvalue weighted by Gasteiger charge is -2.34. The molecule has 0 amide bonds. The van der Waals surface area contributed by atoms with Crippen LogP contribution in [0.25, 0.3) is 0 Å². The molecule has 0 N–H and O–H groups in total. The highest BCUT2D eigenvalue weighted by Gasteiger charge is 2.17. The predicted octanol–water partition coefficient (Wildman–Crippen LogP) is 0.276. The summed E-state index contributed by atoms with van der Waals surface area (Å²) in [5.74, 6) is 0.0971. The molecule has 16 heavy (non-hydrogen) atoms. The van der Waals surface area contributed by atoms with Crippen molar-refractivity contribution in [2.24, 2.45) is 7.05 Å². The normalized spacial score (nSPS) is 17.8. The van der Waals surface area contributed by atoms with Crippen molar-refractivity contribution in [1.29, 1.82) is 0 Å². The van der Waals surface area contributed by atoms with Crippen LogP contribution in [0.5, 0.6) is 0 Å². The van der Waals surface area contributed by atoms with Crippen molar-refractivity contribution in [3.63, 3.8) is 0 Å². The number of pyridine rings is 1. The Labute approximate surface area is 93.9 Å². The topological polar surface area (TPSA) is 28.5 Å². The second-order valence-electron chi connectivity index (χ2n) is 4.19. The van der Waals surface area contributed by atoms with Crippen molar-refractivity contribution in [3.8, 4) is 0 Å². The van der Waals surface area contributed by atoms with Crippen LogP contribution in [0.2, 0.25) is 0 Å². The third-order valence-electron chi connectivity index (χ3n) is 3.06. The van der Waals surface area contributed by atoms with Gasteiger partial charge in [0.05, 0.1) is 0 Å². The van der Waals surface area contributed by atoms with Crippen LogP contribution in [0.15, 0.2) is 16.9 Å². The van der Waals surface area contributed by atoms with Crippen LogP contribution in [0, 0.1) is 5.82 Å². The molecular formula is C11H16FN3O. The summed E-state index contributed by atoms with van der Waals surface area (Å²) in [4.78, 5) is 15.8. The molecule has 0 unspecified atom stereocenters. The molecule has 1 aliphatic rings. The molecule has 88 valence electrons. The molecule has 0 atom stereocenters. The number of rotatable bonds is 1. The molecule has 1 saturated heterocycles. The van der Waals surface area contributed by atoms with E-state index in [1.807, 2.05) is 0 Å². The molecule has 0 aliphatic carbocycles. The lowest BCUT2D eigenvalue weighted by Crippen LogP contribution is -2.46. The zero-order valence-electron chi connectivity index (χ0n) is 9.61. The maximum absolute atomic E-state index is 13.0. The van der Waals surface area contributed by atoms with Crippen molar-refractivity contribution >= 4 is 5.82 Å². The molecule has 0 aromatic carbocycles. The standard InChI is InChI=1S/C11H16FN3O/c1-13-5-7-15(8-6-13)10-4-3-9(12)11(16)14(10)2/h3-4H,5-8H2,1-2H3. The summed E-state index contributed by atoms with van der Waals surface area (Å²) in [7, 11) is 3.68. The highest BCUT2D eigenvalue weighted by atomic mass is 19.1. The molecule has 2 heterocycles. The van der Waals surface area contributed by atoms with Crippen LogP contribution in [-0.4, -0.2) is 42.7 Å². The third kappa shape index (κ3) is 1.95. The van der Waals surface area contributed by atoms with E-state index in [1.54, 1.807) is 13.1 Å². The van der Waals surface area contributed by atoms with E-state index in [1.165, 1.54) is 10.6 Å². The Morgan fingerprint density at radius 2 is 1.75 bits per heavy atom. The molecule has 1 fully saturated rings. The highest BCUT2D eigenvalue weighted by molar-refractivity contribution is 5.40. The Balaban J connectivity index is 2.28. The molecular weight excluding hydrogens is 209 g/mol. The fraction of sp³-hybridized carbons (Fsp3) is 0.545. The van der Waals surface area contributed by atoms with Crippen LogP contribution < -0.4 is 10.5 Å². The summed E-state index contributed by atoms with van der Waals surface area (Å²) in [6, 6.07) is 2.91. The van der Waals surface area contributed by atoms with Crippen molar-refractivity contribution in [2.45, 2.75) is 0 Å². The van der Waals surface area contributed by atoms with Gasteiger partial charge >= 0.3 is 0 Å². The van der Waals surface area contributed by atoms with Crippen LogP contribution in [0.4, 0.5) is 10.2 Å². The van der Waals surface area contributed by atoms with Crippen LogP contribution in [-0.2, 0) is 7.05 Å². The summed E-state index contributed by atoms with van der Waals surface area (Å²) < 4.78 is 14.4. The van der Waals surface area contributed by atoms with Crippen LogP contribution >= 0.6 is 0 Å². The number of hydrogen-bond donors (Lipinski definition) is 0. The lowest BCUT2D eigenvalue weighted by molar-refractivity contribution is 0.311. The number of piperazine rings is 1. The summed E-state index contributed by atoms with van der Waals surface area (Å²) in [5.41, 5.74) is -0.559. The quantitative estimate of drug-likeness (QED) is 0.687. The SMILES string of the molecule is CN1CCN(c2ccc(F)c(=O)n2C)CC1. The van der Waals surface area contributed by atoms with Crippen molar-refractivity contribution in [1.82, 2.24) is 9.47 Å². The van der Waals surface area contributed by atoms with E-state index in [-0.39, 0.29) is 0 Å². The third-order valence-corrected chi connectivity index (χ3v) is 3.06. The number of hydrogen-bond acceptors (Lipinski definition) is 3. The first-order valence-corrected chi connectivity index (χ1v) is 5.38. The number of anilines is 1. The van der Waals surface area contributed by atoms with Gasteiger partial charge in [-0.1, -0.05) is 0 Å². The minimum atomic E-state index is -0.694. The van der Waals surface area contributed by atoms with Gasteiger partial charge in [0.25, 0.3) is 5.56 Å². The molecule has 0 spiro atoms. The molecule has 1 aliphatic heterocycles. The minimum Gasteiger partial charge on any atom is -0.355 e. The second kappa shape index (κ2) is 4.25. The minimum absolute atomic E-state index is 0.559. The maximum Gasteiger partial charge on any atom is 0.287 e. The van der Waals surface area contributed by atoms with Gasteiger partial charge in [0.2, 0.25) is 0 Å². The van der Waals surface area contributed by atoms with Crippen LogP contribution in [0.1, 0.15) is 0 Å². The Morgan fingerprint density at radius 3 is 2.38 bits per heavy atom. The van der Waals surface area contributed by atoms with Gasteiger partial charge in [-0.2, -0.15) is 0 Å². The van der Waals surface area contributed by atoms with E-state index in [2.05, 4.69) is 16.8 Å². The van der Waals surface area contributed by atoms with Gasteiger partial charge in [-0.3, -0.25) is 9.36 Å². The van der Waals surface area contributed by atoms with Gasteiger partial charge in [-0.25, -0.2) is 4.39 Å². The largest absolute Gasteiger partial charge is 0.355 e. The Morgan fingerprint density at radius 1 is 1.12 bits per heavy atom. The maximum atomic E-state index is 13.0. The first-order chi connectivity index (χ1) is 7.59. The number of likely N-dealkylation sites (N-methyl/N-ethyl adjacent to an activating group) is 1. The fourth-order valence-electron chi connectivity index (χ4n) is 1.95. The number of halogens is 1. The summed E-state index contributed by atoms with van der Waals surface area (Å²) >= 11 is 0. The Kier molecular flexibility index (Phi) is 2.96. The molecule has 5 heteroatoms. The highest BCUT2D eigenvalue weighted by Crippen LogP contribution is 2.13. The average molecular weight is 225 g/mol. The smallest absolute Gasteiger partial charge is 0.287 e. The van der Waals surface area contributed by atoms with Crippen molar-refractivity contribution in [2.75, 3.05) is 38.1 Å². The number of nitrogens with zero attached hydrogens (tertiary/aromatic N) is 3. The molecule has 1 aromatic rings. The van der Waals surface area contributed by atoms with E-state index < -0.39 is 11.4 Å². The van der Waals surface area contributed by atoms with Gasteiger partial charge in [0.15, 0.2) is 5.82 Å². The first-order valence-electron chi connectivity index (χ1n) is 5.38. The Hall–Kier alpha value is -1.36. The summed E-state index contributed by atoms with van der Waals surface area (Å²) in [5, 5.41) is 0. The zero-order chi connectivity index (χ0) is 11.7. The second-order valence-corrected chi connectivity index (χ2v) is 4.19. The van der Waals surface area contributed by atoms with E-state index >= 15 is 0 Å². The van der Waals surface area contributed by atoms with Gasteiger partial charge in [0.1, 0.15) is 5.82 Å². The van der Waals surface area contributed by atoms with Gasteiger partial charge in [-0.15, -0.1) is 0 Å². The number of aromatic nitrogens is 1. The summed E-state index contributed by atoms with van der Waals surface area (Å²) in [6.45, 7) is 3.67. The lowest BCUT2D eigenvalue weighted by atomic mass is 10.3. The predicted molar refractivity (Wildman–Crippen MR) is 61.4 cm³/mol. The van der Waals surface area contributed by atoms with Crippen molar-refractivity contribution in [3.05, 3.63) is 28.3 Å². The average Bonchev–Trinajstić information content (AvgIpc) is 2.28. The fourth-order valence-corrected chi connectivity index (χ4v) is 1.95. The molecule has 1 aromatic heterocycles. The first kappa shape index (κ1) is 11.1. The van der Waals surface area contributed by atoms with Gasteiger partial charge in [0, 0.05) is 33.2 Å². The van der Waals surface area contributed by atoms with E-state index in [4.69, 9.17) is 0 Å². The van der Waals surface area contributed by atoms with Crippen LogP contribution in [0.3, 0.4) is 0 Å². The zero-order valence-corrected chi connectivity index (χ0v) is 9.61. The van der Waals surface area contributed by atoms with E-state index in [9.17, 15) is 9.18 Å². The van der Waals surface area contributed by atoms with Gasteiger partial charge in [-0.05, 0) is 19.2 Å².